The minimum atomic E-state index is -4.76. The Hall–Kier alpha value is -2.05. The van der Waals surface area contributed by atoms with Gasteiger partial charge in [-0.25, -0.2) is 4.39 Å². The summed E-state index contributed by atoms with van der Waals surface area (Å²) in [6, 6.07) is 5.55. The molecular weight excluding hydrogens is 301 g/mol. The fourth-order valence-electron chi connectivity index (χ4n) is 1.88. The normalized spacial score (nSPS) is 12.5. The summed E-state index contributed by atoms with van der Waals surface area (Å²) in [6.45, 7) is 0. The monoisotopic (exact) mass is 308 g/mol. The minimum Gasteiger partial charge on any atom is -0.206 e. The van der Waals surface area contributed by atoms with Crippen molar-refractivity contribution in [1.82, 2.24) is 0 Å². The molecule has 0 aliphatic rings. The summed E-state index contributed by atoms with van der Waals surface area (Å²) in [5.74, 6) is -1.36. The lowest BCUT2D eigenvalue weighted by Crippen LogP contribution is -2.08. The second kappa shape index (κ2) is 5.05. The Morgan fingerprint density at radius 2 is 1.29 bits per heavy atom. The Balaban J connectivity index is 2.59. The number of rotatable bonds is 1. The van der Waals surface area contributed by atoms with Crippen LogP contribution in [0.4, 0.5) is 30.7 Å². The number of benzene rings is 2. The third-order valence-electron chi connectivity index (χ3n) is 2.82. The molecule has 0 aliphatic heterocycles. The maximum atomic E-state index is 13.8. The van der Waals surface area contributed by atoms with Crippen LogP contribution in [0.1, 0.15) is 11.1 Å². The van der Waals surface area contributed by atoms with E-state index in [2.05, 4.69) is 0 Å². The van der Waals surface area contributed by atoms with Gasteiger partial charge >= 0.3 is 12.4 Å². The lowest BCUT2D eigenvalue weighted by molar-refractivity contribution is -0.138. The molecular formula is C14H7F7. The van der Waals surface area contributed by atoms with Gasteiger partial charge in [-0.1, -0.05) is 24.3 Å². The summed E-state index contributed by atoms with van der Waals surface area (Å²) >= 11 is 0. The largest absolute Gasteiger partial charge is 0.417 e. The molecule has 0 heterocycles. The van der Waals surface area contributed by atoms with Crippen molar-refractivity contribution in [1.29, 1.82) is 0 Å². The Morgan fingerprint density at radius 3 is 1.81 bits per heavy atom. The fourth-order valence-corrected chi connectivity index (χ4v) is 1.88. The summed E-state index contributed by atoms with van der Waals surface area (Å²) in [5.41, 5.74) is -3.40. The Morgan fingerprint density at radius 1 is 0.667 bits per heavy atom. The van der Waals surface area contributed by atoms with E-state index in [-0.39, 0.29) is 6.07 Å². The summed E-state index contributed by atoms with van der Waals surface area (Å²) in [7, 11) is 0. The standard InChI is InChI=1S/C14H7F7/c15-12-7-8(13(16,17)18)5-6-10(12)9-3-1-2-4-11(9)14(19,20)21/h1-7H. The van der Waals surface area contributed by atoms with Gasteiger partial charge in [-0.2, -0.15) is 26.3 Å². The average Bonchev–Trinajstić information content (AvgIpc) is 2.36. The first-order valence-electron chi connectivity index (χ1n) is 5.64. The zero-order chi connectivity index (χ0) is 15.8. The van der Waals surface area contributed by atoms with E-state index in [9.17, 15) is 30.7 Å². The molecule has 7 heteroatoms. The van der Waals surface area contributed by atoms with Crippen LogP contribution in [0.15, 0.2) is 42.5 Å². The molecule has 0 N–H and O–H groups in total. The first-order chi connectivity index (χ1) is 9.60. The van der Waals surface area contributed by atoms with E-state index in [1.807, 2.05) is 0 Å². The summed E-state index contributed by atoms with van der Waals surface area (Å²) < 4.78 is 89.5. The molecule has 21 heavy (non-hydrogen) atoms. The molecule has 112 valence electrons. The van der Waals surface area contributed by atoms with E-state index < -0.39 is 40.4 Å². The van der Waals surface area contributed by atoms with E-state index in [1.54, 1.807) is 0 Å². The van der Waals surface area contributed by atoms with Crippen LogP contribution in [0.2, 0.25) is 0 Å². The quantitative estimate of drug-likeness (QED) is 0.608. The molecule has 0 aliphatic carbocycles. The smallest absolute Gasteiger partial charge is 0.206 e. The molecule has 0 bridgehead atoms. The van der Waals surface area contributed by atoms with Gasteiger partial charge in [0.05, 0.1) is 11.1 Å². The molecule has 0 fully saturated rings. The second-order valence-electron chi connectivity index (χ2n) is 4.24. The van der Waals surface area contributed by atoms with Crippen LogP contribution in [0.25, 0.3) is 11.1 Å². The average molecular weight is 308 g/mol. The van der Waals surface area contributed by atoms with Crippen molar-refractivity contribution in [2.45, 2.75) is 12.4 Å². The zero-order valence-electron chi connectivity index (χ0n) is 10.2. The number of hydrogen-bond acceptors (Lipinski definition) is 0. The second-order valence-corrected chi connectivity index (χ2v) is 4.24. The third kappa shape index (κ3) is 3.17. The summed E-state index contributed by atoms with van der Waals surface area (Å²) in [6.07, 6.45) is -9.49. The fraction of sp³-hybridized carbons (Fsp3) is 0.143. The number of alkyl halides is 6. The highest BCUT2D eigenvalue weighted by Gasteiger charge is 2.35. The molecule has 0 nitrogen and oxygen atoms in total. The zero-order valence-corrected chi connectivity index (χ0v) is 10.2. The molecule has 0 amide bonds. The van der Waals surface area contributed by atoms with Gasteiger partial charge in [0.2, 0.25) is 0 Å². The van der Waals surface area contributed by atoms with Gasteiger partial charge in [0.15, 0.2) is 0 Å². The van der Waals surface area contributed by atoms with Crippen LogP contribution in [0.5, 0.6) is 0 Å². The van der Waals surface area contributed by atoms with Crippen molar-refractivity contribution in [3.8, 4) is 11.1 Å². The van der Waals surface area contributed by atoms with Crippen LogP contribution in [-0.4, -0.2) is 0 Å². The SMILES string of the molecule is Fc1cc(C(F)(F)F)ccc1-c1ccccc1C(F)(F)F. The number of hydrogen-bond donors (Lipinski definition) is 0. The minimum absolute atomic E-state index is 0.183. The van der Waals surface area contributed by atoms with E-state index in [0.29, 0.717) is 12.1 Å². The predicted octanol–water partition coefficient (Wildman–Crippen LogP) is 5.53. The lowest BCUT2D eigenvalue weighted by Gasteiger charge is -2.14. The molecule has 0 aromatic heterocycles. The van der Waals surface area contributed by atoms with Gasteiger partial charge in [-0.3, -0.25) is 0 Å². The molecule has 0 saturated carbocycles. The molecule has 2 rings (SSSR count). The molecule has 2 aromatic carbocycles. The topological polar surface area (TPSA) is 0 Å². The Bertz CT molecular complexity index is 653. The summed E-state index contributed by atoms with van der Waals surface area (Å²) in [5, 5.41) is 0. The molecule has 0 saturated heterocycles. The number of halogens is 7. The van der Waals surface area contributed by atoms with E-state index in [4.69, 9.17) is 0 Å². The van der Waals surface area contributed by atoms with Crippen molar-refractivity contribution in [3.63, 3.8) is 0 Å². The maximum Gasteiger partial charge on any atom is 0.417 e. The van der Waals surface area contributed by atoms with Crippen LogP contribution in [-0.2, 0) is 12.4 Å². The first-order valence-corrected chi connectivity index (χ1v) is 5.64. The first kappa shape index (κ1) is 15.3. The van der Waals surface area contributed by atoms with Crippen LogP contribution in [0, 0.1) is 5.82 Å². The van der Waals surface area contributed by atoms with Gasteiger partial charge in [0.1, 0.15) is 5.82 Å². The van der Waals surface area contributed by atoms with E-state index in [1.165, 1.54) is 6.07 Å². The van der Waals surface area contributed by atoms with Crippen molar-refractivity contribution in [2.75, 3.05) is 0 Å². The lowest BCUT2D eigenvalue weighted by atomic mass is 9.97. The molecule has 0 unspecified atom stereocenters. The van der Waals surface area contributed by atoms with Gasteiger partial charge in [0.25, 0.3) is 0 Å². The predicted molar refractivity (Wildman–Crippen MR) is 61.8 cm³/mol. The Labute approximate surface area is 114 Å². The third-order valence-corrected chi connectivity index (χ3v) is 2.82. The summed E-state index contributed by atoms with van der Waals surface area (Å²) in [4.78, 5) is 0. The van der Waals surface area contributed by atoms with Gasteiger partial charge in [-0.05, 0) is 23.8 Å². The molecule has 0 spiro atoms. The Kier molecular flexibility index (Phi) is 3.69. The highest BCUT2D eigenvalue weighted by Crippen LogP contribution is 2.39. The van der Waals surface area contributed by atoms with Crippen molar-refractivity contribution < 1.29 is 30.7 Å². The van der Waals surface area contributed by atoms with Gasteiger partial charge in [-0.15, -0.1) is 0 Å². The molecule has 0 atom stereocenters. The van der Waals surface area contributed by atoms with Gasteiger partial charge < -0.3 is 0 Å². The molecule has 2 aromatic rings. The van der Waals surface area contributed by atoms with E-state index >= 15 is 0 Å². The highest BCUT2D eigenvalue weighted by atomic mass is 19.4. The van der Waals surface area contributed by atoms with E-state index in [0.717, 1.165) is 18.2 Å². The highest BCUT2D eigenvalue weighted by molar-refractivity contribution is 5.69. The maximum absolute atomic E-state index is 13.8. The van der Waals surface area contributed by atoms with Crippen LogP contribution < -0.4 is 0 Å². The van der Waals surface area contributed by atoms with Crippen LogP contribution >= 0.6 is 0 Å². The van der Waals surface area contributed by atoms with Gasteiger partial charge in [0, 0.05) is 5.56 Å². The van der Waals surface area contributed by atoms with Crippen molar-refractivity contribution in [3.05, 3.63) is 59.4 Å². The van der Waals surface area contributed by atoms with Crippen molar-refractivity contribution >= 4 is 0 Å². The van der Waals surface area contributed by atoms with Crippen molar-refractivity contribution in [2.24, 2.45) is 0 Å². The molecule has 0 radical (unpaired) electrons. The van der Waals surface area contributed by atoms with Crippen LogP contribution in [0.3, 0.4) is 0 Å².